The van der Waals surface area contributed by atoms with E-state index in [1.165, 1.54) is 30.5 Å². The number of pyridine rings is 1. The van der Waals surface area contributed by atoms with Crippen LogP contribution in [-0.2, 0) is 0 Å². The number of hydrogen-bond acceptors (Lipinski definition) is 3. The molecule has 0 fully saturated rings. The predicted octanol–water partition coefficient (Wildman–Crippen LogP) is 2.11. The third kappa shape index (κ3) is 2.39. The van der Waals surface area contributed by atoms with Gasteiger partial charge in [-0.3, -0.25) is 4.79 Å². The molecule has 0 saturated carbocycles. The van der Waals surface area contributed by atoms with Crippen LogP contribution in [0.25, 0.3) is 0 Å². The number of carbonyl (C=O) groups is 1. The zero-order valence-electron chi connectivity index (χ0n) is 8.76. The van der Waals surface area contributed by atoms with Gasteiger partial charge in [0.25, 0.3) is 5.91 Å². The Balaban J connectivity index is 2.37. The maximum absolute atomic E-state index is 13.3. The number of aromatic nitrogens is 1. The summed E-state index contributed by atoms with van der Waals surface area (Å²) in [6.45, 7) is 0. The Kier molecular flexibility index (Phi) is 3.00. The second-order valence-corrected chi connectivity index (χ2v) is 3.25. The number of hydrogen-bond donors (Lipinski definition) is 1. The number of primary amides is 1. The SMILES string of the molecule is NC(=O)c1cccnc1Oc1ccccc1F. The Morgan fingerprint density at radius 1 is 1.24 bits per heavy atom. The number of nitrogens with zero attached hydrogens (tertiary/aromatic N) is 1. The Morgan fingerprint density at radius 3 is 2.71 bits per heavy atom. The summed E-state index contributed by atoms with van der Waals surface area (Å²) >= 11 is 0. The molecular formula is C12H9FN2O2. The lowest BCUT2D eigenvalue weighted by Crippen LogP contribution is -2.12. The van der Waals surface area contributed by atoms with Crippen LogP contribution in [0.4, 0.5) is 4.39 Å². The molecule has 0 spiro atoms. The second kappa shape index (κ2) is 4.61. The number of halogens is 1. The third-order valence-electron chi connectivity index (χ3n) is 2.08. The monoisotopic (exact) mass is 232 g/mol. The summed E-state index contributed by atoms with van der Waals surface area (Å²) in [5.74, 6) is -1.23. The number of ether oxygens (including phenoxy) is 1. The van der Waals surface area contributed by atoms with E-state index in [0.29, 0.717) is 0 Å². The van der Waals surface area contributed by atoms with E-state index in [-0.39, 0.29) is 17.2 Å². The lowest BCUT2D eigenvalue weighted by molar-refractivity contribution is 0.0997. The van der Waals surface area contributed by atoms with Crippen molar-refractivity contribution in [1.29, 1.82) is 0 Å². The van der Waals surface area contributed by atoms with Crippen LogP contribution in [0.1, 0.15) is 10.4 Å². The van der Waals surface area contributed by atoms with Gasteiger partial charge in [0.2, 0.25) is 5.88 Å². The summed E-state index contributed by atoms with van der Waals surface area (Å²) < 4.78 is 18.6. The summed E-state index contributed by atoms with van der Waals surface area (Å²) in [5.41, 5.74) is 5.26. The average Bonchev–Trinajstić information content (AvgIpc) is 2.32. The summed E-state index contributed by atoms with van der Waals surface area (Å²) in [6.07, 6.45) is 1.43. The van der Waals surface area contributed by atoms with E-state index in [0.717, 1.165) is 0 Å². The van der Waals surface area contributed by atoms with Crippen molar-refractivity contribution in [1.82, 2.24) is 4.98 Å². The maximum Gasteiger partial charge on any atom is 0.254 e. The molecule has 0 saturated heterocycles. The van der Waals surface area contributed by atoms with Crippen LogP contribution in [0, 0.1) is 5.82 Å². The van der Waals surface area contributed by atoms with Crippen molar-refractivity contribution in [3.05, 3.63) is 54.0 Å². The minimum absolute atomic E-state index is 0.00583. The van der Waals surface area contributed by atoms with Gasteiger partial charge in [-0.1, -0.05) is 12.1 Å². The fourth-order valence-electron chi connectivity index (χ4n) is 1.29. The quantitative estimate of drug-likeness (QED) is 0.881. The van der Waals surface area contributed by atoms with Crippen LogP contribution < -0.4 is 10.5 Å². The summed E-state index contributed by atoms with van der Waals surface area (Å²) in [4.78, 5) is 15.0. The molecule has 0 radical (unpaired) electrons. The molecule has 1 heterocycles. The van der Waals surface area contributed by atoms with E-state index in [1.807, 2.05) is 0 Å². The van der Waals surface area contributed by atoms with Crippen molar-refractivity contribution >= 4 is 5.91 Å². The highest BCUT2D eigenvalue weighted by atomic mass is 19.1. The fraction of sp³-hybridized carbons (Fsp3) is 0. The Labute approximate surface area is 96.9 Å². The van der Waals surface area contributed by atoms with Crippen molar-refractivity contribution < 1.29 is 13.9 Å². The molecule has 0 aliphatic heterocycles. The highest BCUT2D eigenvalue weighted by Crippen LogP contribution is 2.24. The van der Waals surface area contributed by atoms with Gasteiger partial charge in [-0.05, 0) is 24.3 Å². The van der Waals surface area contributed by atoms with Crippen LogP contribution in [0.15, 0.2) is 42.6 Å². The molecule has 2 rings (SSSR count). The first-order valence-electron chi connectivity index (χ1n) is 4.85. The first-order valence-corrected chi connectivity index (χ1v) is 4.85. The van der Waals surface area contributed by atoms with Gasteiger partial charge in [-0.2, -0.15) is 0 Å². The Bertz CT molecular complexity index is 558. The van der Waals surface area contributed by atoms with E-state index in [2.05, 4.69) is 4.98 Å². The van der Waals surface area contributed by atoms with Crippen molar-refractivity contribution in [2.24, 2.45) is 5.73 Å². The predicted molar refractivity (Wildman–Crippen MR) is 59.2 cm³/mol. The van der Waals surface area contributed by atoms with Crippen LogP contribution in [0.5, 0.6) is 11.6 Å². The van der Waals surface area contributed by atoms with E-state index in [4.69, 9.17) is 10.5 Å². The molecule has 2 N–H and O–H groups in total. The van der Waals surface area contributed by atoms with Gasteiger partial charge in [0.05, 0.1) is 0 Å². The van der Waals surface area contributed by atoms with Gasteiger partial charge in [0.1, 0.15) is 5.56 Å². The second-order valence-electron chi connectivity index (χ2n) is 3.25. The van der Waals surface area contributed by atoms with Gasteiger partial charge in [0.15, 0.2) is 11.6 Å². The van der Waals surface area contributed by atoms with Crippen molar-refractivity contribution in [2.45, 2.75) is 0 Å². The minimum atomic E-state index is -0.676. The zero-order chi connectivity index (χ0) is 12.3. The normalized spacial score (nSPS) is 9.94. The molecule has 1 aromatic heterocycles. The average molecular weight is 232 g/mol. The molecule has 0 atom stereocenters. The van der Waals surface area contributed by atoms with Gasteiger partial charge in [-0.25, -0.2) is 9.37 Å². The molecular weight excluding hydrogens is 223 g/mol. The van der Waals surface area contributed by atoms with E-state index >= 15 is 0 Å². The zero-order valence-corrected chi connectivity index (χ0v) is 8.76. The molecule has 17 heavy (non-hydrogen) atoms. The van der Waals surface area contributed by atoms with Crippen LogP contribution >= 0.6 is 0 Å². The van der Waals surface area contributed by atoms with Crippen molar-refractivity contribution in [3.8, 4) is 11.6 Å². The molecule has 2 aromatic rings. The van der Waals surface area contributed by atoms with Gasteiger partial charge in [0, 0.05) is 6.20 Å². The third-order valence-corrected chi connectivity index (χ3v) is 2.08. The van der Waals surface area contributed by atoms with E-state index in [9.17, 15) is 9.18 Å². The standard InChI is InChI=1S/C12H9FN2O2/c13-9-5-1-2-6-10(9)17-12-8(11(14)16)4-3-7-15-12/h1-7H,(H2,14,16). The largest absolute Gasteiger partial charge is 0.435 e. The Hall–Kier alpha value is -2.43. The topological polar surface area (TPSA) is 65.2 Å². The van der Waals surface area contributed by atoms with Crippen LogP contribution in [0.3, 0.4) is 0 Å². The summed E-state index contributed by atoms with van der Waals surface area (Å²) in [6, 6.07) is 8.86. The maximum atomic E-state index is 13.3. The van der Waals surface area contributed by atoms with Crippen LogP contribution in [0.2, 0.25) is 0 Å². The van der Waals surface area contributed by atoms with Crippen LogP contribution in [-0.4, -0.2) is 10.9 Å². The lowest BCUT2D eigenvalue weighted by Gasteiger charge is -2.07. The first-order chi connectivity index (χ1) is 8.18. The van der Waals surface area contributed by atoms with Gasteiger partial charge >= 0.3 is 0 Å². The minimum Gasteiger partial charge on any atom is -0.435 e. The van der Waals surface area contributed by atoms with Crippen molar-refractivity contribution in [3.63, 3.8) is 0 Å². The molecule has 0 bridgehead atoms. The first kappa shape index (κ1) is 11.1. The number of rotatable bonds is 3. The summed E-state index contributed by atoms with van der Waals surface area (Å²) in [7, 11) is 0. The molecule has 0 unspecified atom stereocenters. The van der Waals surface area contributed by atoms with Crippen molar-refractivity contribution in [2.75, 3.05) is 0 Å². The number of para-hydroxylation sites is 1. The van der Waals surface area contributed by atoms with E-state index in [1.54, 1.807) is 12.1 Å². The lowest BCUT2D eigenvalue weighted by atomic mass is 10.2. The molecule has 4 nitrogen and oxygen atoms in total. The summed E-state index contributed by atoms with van der Waals surface area (Å²) in [5, 5.41) is 0. The molecule has 0 aliphatic carbocycles. The highest BCUT2D eigenvalue weighted by Gasteiger charge is 2.12. The smallest absolute Gasteiger partial charge is 0.254 e. The van der Waals surface area contributed by atoms with E-state index < -0.39 is 11.7 Å². The van der Waals surface area contributed by atoms with Gasteiger partial charge < -0.3 is 10.5 Å². The number of amides is 1. The number of nitrogens with two attached hydrogens (primary N) is 1. The molecule has 5 heteroatoms. The molecule has 1 aromatic carbocycles. The molecule has 0 aliphatic rings. The Morgan fingerprint density at radius 2 is 2.00 bits per heavy atom. The fourth-order valence-corrected chi connectivity index (χ4v) is 1.29. The highest BCUT2D eigenvalue weighted by molar-refractivity contribution is 5.95. The number of benzene rings is 1. The molecule has 1 amide bonds. The molecule has 86 valence electrons. The van der Waals surface area contributed by atoms with Gasteiger partial charge in [-0.15, -0.1) is 0 Å². The number of carbonyl (C=O) groups excluding carboxylic acids is 1.